The van der Waals surface area contributed by atoms with Gasteiger partial charge in [-0.15, -0.1) is 0 Å². The van der Waals surface area contributed by atoms with Crippen molar-refractivity contribution in [1.29, 1.82) is 0 Å². The first-order valence-electron chi connectivity index (χ1n) is 8.28. The number of rotatable bonds is 11. The Morgan fingerprint density at radius 3 is 2.80 bits per heavy atom. The second-order valence-corrected chi connectivity index (χ2v) is 6.99. The van der Waals surface area contributed by atoms with E-state index >= 15 is 0 Å². The quantitative estimate of drug-likeness (QED) is 0.661. The molecule has 1 aliphatic rings. The smallest absolute Gasteiger partial charge is 0.0244 e. The first kappa shape index (κ1) is 16.0. The van der Waals surface area contributed by atoms with Crippen molar-refractivity contribution in [3.8, 4) is 0 Å². The predicted molar refractivity (Wildman–Crippen MR) is 89.1 cm³/mol. The largest absolute Gasteiger partial charge is 0.330 e. The summed E-state index contributed by atoms with van der Waals surface area (Å²) in [5.41, 5.74) is 7.22. The number of hydrogen-bond donors (Lipinski definition) is 1. The lowest BCUT2D eigenvalue weighted by Gasteiger charge is -2.23. The van der Waals surface area contributed by atoms with Gasteiger partial charge in [0.1, 0.15) is 0 Å². The lowest BCUT2D eigenvalue weighted by molar-refractivity contribution is 0.239. The molecule has 1 saturated carbocycles. The van der Waals surface area contributed by atoms with Gasteiger partial charge in [0.25, 0.3) is 0 Å². The Morgan fingerprint density at radius 1 is 1.35 bits per heavy atom. The molecule has 20 heavy (non-hydrogen) atoms. The molecule has 1 unspecified atom stereocenters. The molecule has 0 spiro atoms. The summed E-state index contributed by atoms with van der Waals surface area (Å²) in [5.74, 6) is 0.854. The van der Waals surface area contributed by atoms with Crippen LogP contribution in [-0.2, 0) is 6.54 Å². The standard InChI is InChI=1S/C17H30N2S/c1-2-4-15(8-10-18)5-3-11-19(17-6-7-17)13-16-9-12-20-14-16/h9,12,14-15,17H,2-8,10-11,13,18H2,1H3. The third kappa shape index (κ3) is 5.55. The lowest BCUT2D eigenvalue weighted by atomic mass is 9.94. The zero-order chi connectivity index (χ0) is 14.2. The molecule has 2 N–H and O–H groups in total. The van der Waals surface area contributed by atoms with Gasteiger partial charge in [0.05, 0.1) is 0 Å². The summed E-state index contributed by atoms with van der Waals surface area (Å²) in [7, 11) is 0. The van der Waals surface area contributed by atoms with Crippen LogP contribution in [0.5, 0.6) is 0 Å². The minimum Gasteiger partial charge on any atom is -0.330 e. The molecule has 0 radical (unpaired) electrons. The van der Waals surface area contributed by atoms with E-state index in [9.17, 15) is 0 Å². The van der Waals surface area contributed by atoms with Crippen LogP contribution in [0, 0.1) is 5.92 Å². The highest BCUT2D eigenvalue weighted by molar-refractivity contribution is 7.07. The molecule has 1 fully saturated rings. The van der Waals surface area contributed by atoms with Crippen LogP contribution in [0.1, 0.15) is 57.4 Å². The van der Waals surface area contributed by atoms with Crippen LogP contribution in [0.3, 0.4) is 0 Å². The second-order valence-electron chi connectivity index (χ2n) is 6.21. The van der Waals surface area contributed by atoms with Gasteiger partial charge in [-0.25, -0.2) is 0 Å². The van der Waals surface area contributed by atoms with Crippen LogP contribution in [0.4, 0.5) is 0 Å². The summed E-state index contributed by atoms with van der Waals surface area (Å²) in [6, 6.07) is 3.14. The monoisotopic (exact) mass is 294 g/mol. The molecule has 1 aromatic rings. The van der Waals surface area contributed by atoms with Crippen molar-refractivity contribution in [3.05, 3.63) is 22.4 Å². The Balaban J connectivity index is 1.71. The first-order valence-corrected chi connectivity index (χ1v) is 9.23. The molecule has 114 valence electrons. The molecule has 1 aliphatic carbocycles. The molecule has 2 nitrogen and oxygen atoms in total. The van der Waals surface area contributed by atoms with Gasteiger partial charge in [-0.1, -0.05) is 19.8 Å². The summed E-state index contributed by atoms with van der Waals surface area (Å²) in [6.07, 6.45) is 9.37. The van der Waals surface area contributed by atoms with Gasteiger partial charge in [0.2, 0.25) is 0 Å². The zero-order valence-corrected chi connectivity index (χ0v) is 13.7. The van der Waals surface area contributed by atoms with Crippen molar-refractivity contribution in [2.75, 3.05) is 13.1 Å². The molecular formula is C17H30N2S. The molecule has 0 saturated heterocycles. The van der Waals surface area contributed by atoms with Gasteiger partial charge >= 0.3 is 0 Å². The molecule has 0 aromatic carbocycles. The van der Waals surface area contributed by atoms with Gasteiger partial charge in [-0.05, 0) is 73.5 Å². The van der Waals surface area contributed by atoms with Gasteiger partial charge in [0, 0.05) is 12.6 Å². The number of nitrogens with zero attached hydrogens (tertiary/aromatic N) is 1. The minimum atomic E-state index is 0.853. The fourth-order valence-electron chi connectivity index (χ4n) is 3.11. The Bertz CT molecular complexity index is 340. The van der Waals surface area contributed by atoms with E-state index in [0.717, 1.165) is 25.0 Å². The minimum absolute atomic E-state index is 0.853. The second kappa shape index (κ2) is 8.81. The molecule has 3 heteroatoms. The molecular weight excluding hydrogens is 264 g/mol. The Labute approximate surface area is 128 Å². The van der Waals surface area contributed by atoms with E-state index in [1.54, 1.807) is 0 Å². The Kier molecular flexibility index (Phi) is 7.05. The molecule has 1 aromatic heterocycles. The zero-order valence-electron chi connectivity index (χ0n) is 12.9. The summed E-state index contributed by atoms with van der Waals surface area (Å²) in [5, 5.41) is 4.49. The fraction of sp³-hybridized carbons (Fsp3) is 0.765. The molecule has 1 heterocycles. The van der Waals surface area contributed by atoms with Crippen molar-refractivity contribution in [3.63, 3.8) is 0 Å². The van der Waals surface area contributed by atoms with E-state index in [4.69, 9.17) is 5.73 Å². The van der Waals surface area contributed by atoms with Crippen molar-refractivity contribution in [2.45, 2.75) is 64.5 Å². The number of hydrogen-bond acceptors (Lipinski definition) is 3. The average molecular weight is 295 g/mol. The first-order chi connectivity index (χ1) is 9.83. The van der Waals surface area contributed by atoms with Crippen LogP contribution in [0.2, 0.25) is 0 Å². The maximum Gasteiger partial charge on any atom is 0.0244 e. The topological polar surface area (TPSA) is 29.3 Å². The molecule has 0 aliphatic heterocycles. The number of thiophene rings is 1. The Hall–Kier alpha value is -0.380. The molecule has 0 bridgehead atoms. The summed E-state index contributed by atoms with van der Waals surface area (Å²) in [4.78, 5) is 2.70. The van der Waals surface area contributed by atoms with Crippen molar-refractivity contribution in [2.24, 2.45) is 11.7 Å². The van der Waals surface area contributed by atoms with Gasteiger partial charge < -0.3 is 5.73 Å². The van der Waals surface area contributed by atoms with Gasteiger partial charge in [0.15, 0.2) is 0 Å². The summed E-state index contributed by atoms with van der Waals surface area (Å²) in [6.45, 7) is 5.57. The van der Waals surface area contributed by atoms with E-state index in [-0.39, 0.29) is 0 Å². The summed E-state index contributed by atoms with van der Waals surface area (Å²) >= 11 is 1.82. The van der Waals surface area contributed by atoms with E-state index in [2.05, 4.69) is 28.7 Å². The maximum atomic E-state index is 5.73. The van der Waals surface area contributed by atoms with Gasteiger partial charge in [-0.3, -0.25) is 4.90 Å². The predicted octanol–water partition coefficient (Wildman–Crippen LogP) is 4.26. The maximum absolute atomic E-state index is 5.73. The van der Waals surface area contributed by atoms with Crippen LogP contribution >= 0.6 is 11.3 Å². The number of nitrogens with two attached hydrogens (primary N) is 1. The van der Waals surface area contributed by atoms with E-state index in [1.165, 1.54) is 57.1 Å². The average Bonchev–Trinajstić information content (AvgIpc) is 3.16. The van der Waals surface area contributed by atoms with E-state index < -0.39 is 0 Å². The SMILES string of the molecule is CCCC(CCN)CCCN(Cc1ccsc1)C1CC1. The van der Waals surface area contributed by atoms with Crippen molar-refractivity contribution in [1.82, 2.24) is 4.90 Å². The Morgan fingerprint density at radius 2 is 2.20 bits per heavy atom. The van der Waals surface area contributed by atoms with E-state index in [1.807, 2.05) is 11.3 Å². The van der Waals surface area contributed by atoms with Crippen LogP contribution in [0.25, 0.3) is 0 Å². The highest BCUT2D eigenvalue weighted by Gasteiger charge is 2.28. The van der Waals surface area contributed by atoms with Crippen molar-refractivity contribution >= 4 is 11.3 Å². The van der Waals surface area contributed by atoms with Crippen molar-refractivity contribution < 1.29 is 0 Å². The highest BCUT2D eigenvalue weighted by atomic mass is 32.1. The van der Waals surface area contributed by atoms with Crippen LogP contribution < -0.4 is 5.73 Å². The third-order valence-electron chi connectivity index (χ3n) is 4.36. The third-order valence-corrected chi connectivity index (χ3v) is 5.09. The summed E-state index contributed by atoms with van der Waals surface area (Å²) < 4.78 is 0. The van der Waals surface area contributed by atoms with Gasteiger partial charge in [-0.2, -0.15) is 11.3 Å². The molecule has 2 rings (SSSR count). The van der Waals surface area contributed by atoms with Crippen LogP contribution in [-0.4, -0.2) is 24.0 Å². The lowest BCUT2D eigenvalue weighted by Crippen LogP contribution is -2.27. The molecule has 1 atom stereocenters. The van der Waals surface area contributed by atoms with E-state index in [0.29, 0.717) is 0 Å². The normalized spacial score (nSPS) is 16.8. The highest BCUT2D eigenvalue weighted by Crippen LogP contribution is 2.29. The van der Waals surface area contributed by atoms with Crippen LogP contribution in [0.15, 0.2) is 16.8 Å². The fourth-order valence-corrected chi connectivity index (χ4v) is 3.77. The molecule has 0 amide bonds.